The Morgan fingerprint density at radius 3 is 2.14 bits per heavy atom. The molecule has 14 heavy (non-hydrogen) atoms. The zero-order valence-corrected chi connectivity index (χ0v) is 13.5. The van der Waals surface area contributed by atoms with Crippen LogP contribution in [0.15, 0.2) is 0 Å². The van der Waals surface area contributed by atoms with Crippen molar-refractivity contribution in [3.05, 3.63) is 0 Å². The molecule has 0 nitrogen and oxygen atoms in total. The maximum Gasteiger partial charge on any atom is 0.00963 e. The second kappa shape index (κ2) is 8.46. The van der Waals surface area contributed by atoms with Crippen molar-refractivity contribution in [2.24, 2.45) is 11.3 Å². The summed E-state index contributed by atoms with van der Waals surface area (Å²) in [5, 5.41) is 2.24. The van der Waals surface area contributed by atoms with Crippen molar-refractivity contribution in [3.8, 4) is 0 Å². The summed E-state index contributed by atoms with van der Waals surface area (Å²) in [6.45, 7) is 6.86. The normalized spacial score (nSPS) is 12.4. The van der Waals surface area contributed by atoms with Crippen molar-refractivity contribution in [2.75, 3.05) is 22.2 Å². The summed E-state index contributed by atoms with van der Waals surface area (Å²) in [5.41, 5.74) is 0.469. The molecule has 0 unspecified atom stereocenters. The fourth-order valence-electron chi connectivity index (χ4n) is 1.68. The van der Waals surface area contributed by atoms with E-state index < -0.39 is 0 Å². The van der Waals surface area contributed by atoms with E-state index in [1.807, 2.05) is 0 Å². The number of hydrogen-bond acceptors (Lipinski definition) is 1. The SMILES string of the molecule is CCSCCC(CBr)(CBr)CC(C)C. The molecule has 0 saturated heterocycles. The molecule has 0 atom stereocenters. The van der Waals surface area contributed by atoms with Gasteiger partial charge in [-0.25, -0.2) is 0 Å². The third kappa shape index (κ3) is 6.02. The molecule has 0 heterocycles. The van der Waals surface area contributed by atoms with Crippen LogP contribution in [0, 0.1) is 11.3 Å². The van der Waals surface area contributed by atoms with Crippen LogP contribution in [0.25, 0.3) is 0 Å². The number of thioether (sulfide) groups is 1. The lowest BCUT2D eigenvalue weighted by Crippen LogP contribution is -2.27. The minimum absolute atomic E-state index is 0.469. The van der Waals surface area contributed by atoms with Gasteiger partial charge in [0.15, 0.2) is 0 Å². The first-order chi connectivity index (χ1) is 6.60. The van der Waals surface area contributed by atoms with Crippen LogP contribution >= 0.6 is 43.6 Å². The predicted molar refractivity (Wildman–Crippen MR) is 77.1 cm³/mol. The van der Waals surface area contributed by atoms with E-state index in [2.05, 4.69) is 64.4 Å². The van der Waals surface area contributed by atoms with Gasteiger partial charge in [-0.1, -0.05) is 52.6 Å². The molecule has 0 aliphatic carbocycles. The molecule has 0 radical (unpaired) electrons. The Kier molecular flexibility index (Phi) is 9.25. The molecule has 0 fully saturated rings. The molecule has 86 valence electrons. The highest BCUT2D eigenvalue weighted by Gasteiger charge is 2.28. The Morgan fingerprint density at radius 1 is 1.21 bits per heavy atom. The molecule has 0 amide bonds. The van der Waals surface area contributed by atoms with Crippen molar-refractivity contribution in [1.29, 1.82) is 0 Å². The average molecular weight is 346 g/mol. The second-order valence-electron chi connectivity index (χ2n) is 4.31. The minimum atomic E-state index is 0.469. The van der Waals surface area contributed by atoms with Crippen molar-refractivity contribution >= 4 is 43.6 Å². The lowest BCUT2D eigenvalue weighted by Gasteiger charge is -2.31. The van der Waals surface area contributed by atoms with Crippen molar-refractivity contribution in [3.63, 3.8) is 0 Å². The first-order valence-corrected chi connectivity index (χ1v) is 8.69. The van der Waals surface area contributed by atoms with Gasteiger partial charge in [-0.15, -0.1) is 0 Å². The van der Waals surface area contributed by atoms with Gasteiger partial charge < -0.3 is 0 Å². The molecule has 0 spiro atoms. The average Bonchev–Trinajstić information content (AvgIpc) is 2.16. The van der Waals surface area contributed by atoms with Crippen LogP contribution in [-0.4, -0.2) is 22.2 Å². The summed E-state index contributed by atoms with van der Waals surface area (Å²) in [5.74, 6) is 3.32. The molecule has 0 saturated carbocycles. The third-order valence-electron chi connectivity index (χ3n) is 2.39. The predicted octanol–water partition coefficient (Wildman–Crippen LogP) is 4.95. The largest absolute Gasteiger partial charge is 0.162 e. The fraction of sp³-hybridized carbons (Fsp3) is 1.00. The molecule has 0 aromatic carbocycles. The summed E-state index contributed by atoms with van der Waals surface area (Å²) in [7, 11) is 0. The Morgan fingerprint density at radius 2 is 1.79 bits per heavy atom. The quantitative estimate of drug-likeness (QED) is 0.443. The summed E-state index contributed by atoms with van der Waals surface area (Å²) >= 11 is 9.40. The van der Waals surface area contributed by atoms with Crippen molar-refractivity contribution in [1.82, 2.24) is 0 Å². The van der Waals surface area contributed by atoms with Gasteiger partial charge in [0.05, 0.1) is 0 Å². The van der Waals surface area contributed by atoms with Gasteiger partial charge in [0.1, 0.15) is 0 Å². The zero-order valence-electron chi connectivity index (χ0n) is 9.48. The van der Waals surface area contributed by atoms with Crippen LogP contribution < -0.4 is 0 Å². The molecular weight excluding hydrogens is 324 g/mol. The Balaban J connectivity index is 4.07. The fourth-order valence-corrected chi connectivity index (χ4v) is 4.49. The van der Waals surface area contributed by atoms with E-state index in [9.17, 15) is 0 Å². The van der Waals surface area contributed by atoms with E-state index in [1.165, 1.54) is 24.3 Å². The molecular formula is C11H22Br2S. The van der Waals surface area contributed by atoms with Crippen LogP contribution in [0.2, 0.25) is 0 Å². The zero-order chi connectivity index (χ0) is 11.0. The first kappa shape index (κ1) is 15.3. The van der Waals surface area contributed by atoms with E-state index in [-0.39, 0.29) is 0 Å². The topological polar surface area (TPSA) is 0 Å². The maximum absolute atomic E-state index is 3.67. The highest BCUT2D eigenvalue weighted by atomic mass is 79.9. The number of alkyl halides is 2. The summed E-state index contributed by atoms with van der Waals surface area (Å²) < 4.78 is 0. The first-order valence-electron chi connectivity index (χ1n) is 5.30. The molecule has 0 aliphatic rings. The summed E-state index contributed by atoms with van der Waals surface area (Å²) in [6, 6.07) is 0. The van der Waals surface area contributed by atoms with Gasteiger partial charge in [0.2, 0.25) is 0 Å². The van der Waals surface area contributed by atoms with Gasteiger partial charge in [-0.05, 0) is 35.7 Å². The molecule has 0 aliphatic heterocycles. The molecule has 0 aromatic heterocycles. The number of rotatable bonds is 8. The maximum atomic E-state index is 3.67. The monoisotopic (exact) mass is 344 g/mol. The van der Waals surface area contributed by atoms with Crippen molar-refractivity contribution < 1.29 is 0 Å². The van der Waals surface area contributed by atoms with Gasteiger partial charge in [0, 0.05) is 10.7 Å². The minimum Gasteiger partial charge on any atom is -0.162 e. The van der Waals surface area contributed by atoms with Crippen LogP contribution in [0.3, 0.4) is 0 Å². The van der Waals surface area contributed by atoms with Gasteiger partial charge in [-0.2, -0.15) is 11.8 Å². The van der Waals surface area contributed by atoms with Gasteiger partial charge >= 0.3 is 0 Å². The summed E-state index contributed by atoms with van der Waals surface area (Å²) in [4.78, 5) is 0. The molecule has 0 aromatic rings. The Bertz CT molecular complexity index is 133. The lowest BCUT2D eigenvalue weighted by molar-refractivity contribution is 0.298. The third-order valence-corrected chi connectivity index (χ3v) is 5.67. The Labute approximate surface area is 110 Å². The standard InChI is InChI=1S/C11H22Br2S/c1-4-14-6-5-11(8-12,9-13)7-10(2)3/h10H,4-9H2,1-3H3. The van der Waals surface area contributed by atoms with Crippen LogP contribution in [0.5, 0.6) is 0 Å². The highest BCUT2D eigenvalue weighted by Crippen LogP contribution is 2.35. The molecule has 0 rings (SSSR count). The molecule has 0 bridgehead atoms. The lowest BCUT2D eigenvalue weighted by atomic mass is 9.82. The highest BCUT2D eigenvalue weighted by molar-refractivity contribution is 9.09. The number of hydrogen-bond donors (Lipinski definition) is 0. The molecule has 0 N–H and O–H groups in total. The van der Waals surface area contributed by atoms with Gasteiger partial charge in [0.25, 0.3) is 0 Å². The van der Waals surface area contributed by atoms with E-state index >= 15 is 0 Å². The Hall–Kier alpha value is 1.31. The summed E-state index contributed by atoms with van der Waals surface area (Å²) in [6.07, 6.45) is 2.63. The van der Waals surface area contributed by atoms with Gasteiger partial charge in [-0.3, -0.25) is 0 Å². The van der Waals surface area contributed by atoms with E-state index in [4.69, 9.17) is 0 Å². The second-order valence-corrected chi connectivity index (χ2v) is 6.83. The van der Waals surface area contributed by atoms with Crippen LogP contribution in [0.1, 0.15) is 33.6 Å². The van der Waals surface area contributed by atoms with E-state index in [0.29, 0.717) is 5.41 Å². The molecule has 3 heteroatoms. The van der Waals surface area contributed by atoms with E-state index in [1.54, 1.807) is 0 Å². The van der Waals surface area contributed by atoms with Crippen LogP contribution in [-0.2, 0) is 0 Å². The smallest absolute Gasteiger partial charge is 0.00963 e. The number of halogens is 2. The van der Waals surface area contributed by atoms with Crippen molar-refractivity contribution in [2.45, 2.75) is 33.6 Å². The van der Waals surface area contributed by atoms with Crippen LogP contribution in [0.4, 0.5) is 0 Å². The van der Waals surface area contributed by atoms with E-state index in [0.717, 1.165) is 16.6 Å².